The van der Waals surface area contributed by atoms with Gasteiger partial charge in [-0.15, -0.1) is 11.8 Å². The lowest BCUT2D eigenvalue weighted by molar-refractivity contribution is -0.128. The molecule has 0 unspecified atom stereocenters. The first kappa shape index (κ1) is 17.3. The molecule has 0 bridgehead atoms. The second kappa shape index (κ2) is 7.48. The maximum absolute atomic E-state index is 12.3. The van der Waals surface area contributed by atoms with Gasteiger partial charge >= 0.3 is 0 Å². The summed E-state index contributed by atoms with van der Waals surface area (Å²) < 4.78 is 24.6. The molecule has 0 aliphatic carbocycles. The van der Waals surface area contributed by atoms with Crippen LogP contribution in [0.3, 0.4) is 0 Å². The van der Waals surface area contributed by atoms with E-state index in [4.69, 9.17) is 0 Å². The third-order valence-corrected chi connectivity index (χ3v) is 6.18. The average Bonchev–Trinajstić information content (AvgIpc) is 2.71. The Morgan fingerprint density at radius 2 is 1.91 bits per heavy atom. The molecule has 2 rings (SSSR count). The van der Waals surface area contributed by atoms with Crippen molar-refractivity contribution < 1.29 is 13.2 Å². The molecule has 1 aliphatic heterocycles. The van der Waals surface area contributed by atoms with Crippen LogP contribution in [0.1, 0.15) is 12.0 Å². The maximum Gasteiger partial charge on any atom is 0.232 e. The van der Waals surface area contributed by atoms with Gasteiger partial charge in [-0.25, -0.2) is 12.7 Å². The van der Waals surface area contributed by atoms with Gasteiger partial charge in [0.25, 0.3) is 0 Å². The van der Waals surface area contributed by atoms with Gasteiger partial charge in [0.1, 0.15) is 0 Å². The molecule has 122 valence electrons. The molecule has 0 aromatic heterocycles. The molecule has 1 aromatic rings. The van der Waals surface area contributed by atoms with E-state index in [1.54, 1.807) is 4.90 Å². The molecule has 0 spiro atoms. The number of carbonyl (C=O) groups is 1. The van der Waals surface area contributed by atoms with Crippen molar-refractivity contribution in [2.75, 3.05) is 38.2 Å². The summed E-state index contributed by atoms with van der Waals surface area (Å²) in [7, 11) is -3.17. The fraction of sp³-hybridized carbons (Fsp3) is 0.533. The normalized spacial score (nSPS) is 17.3. The molecule has 22 heavy (non-hydrogen) atoms. The van der Waals surface area contributed by atoms with Gasteiger partial charge in [-0.1, -0.05) is 18.2 Å². The van der Waals surface area contributed by atoms with Crippen LogP contribution < -0.4 is 0 Å². The minimum atomic E-state index is -3.17. The lowest BCUT2D eigenvalue weighted by atomic mass is 10.2. The van der Waals surface area contributed by atoms with Gasteiger partial charge < -0.3 is 4.90 Å². The third-order valence-electron chi connectivity index (χ3n) is 3.72. The highest BCUT2D eigenvalue weighted by Gasteiger charge is 2.23. The second-order valence-corrected chi connectivity index (χ2v) is 8.45. The predicted molar refractivity (Wildman–Crippen MR) is 89.5 cm³/mol. The van der Waals surface area contributed by atoms with Gasteiger partial charge in [-0.05, 0) is 25.0 Å². The van der Waals surface area contributed by atoms with E-state index >= 15 is 0 Å². The molecule has 0 radical (unpaired) electrons. The Morgan fingerprint density at radius 3 is 2.59 bits per heavy atom. The number of hydrogen-bond acceptors (Lipinski definition) is 4. The van der Waals surface area contributed by atoms with E-state index in [9.17, 15) is 13.2 Å². The van der Waals surface area contributed by atoms with Gasteiger partial charge in [-0.2, -0.15) is 0 Å². The van der Waals surface area contributed by atoms with Crippen LogP contribution in [0.15, 0.2) is 29.2 Å². The molecule has 1 fully saturated rings. The molecule has 1 amide bonds. The summed E-state index contributed by atoms with van der Waals surface area (Å²) in [5, 5.41) is 0. The minimum Gasteiger partial charge on any atom is -0.341 e. The summed E-state index contributed by atoms with van der Waals surface area (Å²) in [5.41, 5.74) is 1.17. The fourth-order valence-corrected chi connectivity index (χ4v) is 4.23. The van der Waals surface area contributed by atoms with Crippen molar-refractivity contribution in [1.29, 1.82) is 0 Å². The highest BCUT2D eigenvalue weighted by atomic mass is 32.2. The minimum absolute atomic E-state index is 0.0728. The number of rotatable bonds is 4. The van der Waals surface area contributed by atoms with E-state index in [-0.39, 0.29) is 5.91 Å². The summed E-state index contributed by atoms with van der Waals surface area (Å²) in [6.07, 6.45) is 1.91. The average molecular weight is 342 g/mol. The number of hydrogen-bond donors (Lipinski definition) is 0. The van der Waals surface area contributed by atoms with Crippen LogP contribution in [0.4, 0.5) is 0 Å². The van der Waals surface area contributed by atoms with Gasteiger partial charge in [0.05, 0.1) is 12.0 Å². The molecule has 1 heterocycles. The molecule has 0 atom stereocenters. The van der Waals surface area contributed by atoms with Gasteiger partial charge in [0.2, 0.25) is 15.9 Å². The second-order valence-electron chi connectivity index (χ2n) is 5.45. The molecular weight excluding hydrogens is 320 g/mol. The van der Waals surface area contributed by atoms with E-state index < -0.39 is 10.0 Å². The van der Waals surface area contributed by atoms with E-state index in [1.165, 1.54) is 27.9 Å². The maximum atomic E-state index is 12.3. The molecule has 1 saturated heterocycles. The lowest BCUT2D eigenvalue weighted by Crippen LogP contribution is -2.37. The topological polar surface area (TPSA) is 57.7 Å². The number of benzene rings is 1. The highest BCUT2D eigenvalue weighted by Crippen LogP contribution is 2.22. The Balaban J connectivity index is 1.89. The summed E-state index contributed by atoms with van der Waals surface area (Å²) in [5.74, 6) is 0.465. The molecule has 0 saturated carbocycles. The standard InChI is InChI=1S/C15H22N2O3S2/c1-13-6-3-4-7-14(13)21-12-15(18)16-8-5-9-17(11-10-16)22(2,19)20/h3-4,6-7H,5,8-12H2,1-2H3. The van der Waals surface area contributed by atoms with Crippen molar-refractivity contribution in [3.8, 4) is 0 Å². The molecule has 1 aromatic carbocycles. The van der Waals surface area contributed by atoms with Crippen LogP contribution >= 0.6 is 11.8 Å². The predicted octanol–water partition coefficient (Wildman–Crippen LogP) is 1.58. The molecule has 0 N–H and O–H groups in total. The van der Waals surface area contributed by atoms with Crippen LogP contribution in [0.25, 0.3) is 0 Å². The Hall–Kier alpha value is -1.05. The highest BCUT2D eigenvalue weighted by molar-refractivity contribution is 8.00. The first-order chi connectivity index (χ1) is 10.4. The van der Waals surface area contributed by atoms with Crippen molar-refractivity contribution in [3.63, 3.8) is 0 Å². The fourth-order valence-electron chi connectivity index (χ4n) is 2.42. The van der Waals surface area contributed by atoms with E-state index in [0.29, 0.717) is 38.4 Å². The Kier molecular flexibility index (Phi) is 5.88. The van der Waals surface area contributed by atoms with Crippen molar-refractivity contribution in [3.05, 3.63) is 29.8 Å². The van der Waals surface area contributed by atoms with Crippen LogP contribution in [0.2, 0.25) is 0 Å². The zero-order chi connectivity index (χ0) is 16.2. The zero-order valence-electron chi connectivity index (χ0n) is 13.0. The summed E-state index contributed by atoms with van der Waals surface area (Å²) in [6, 6.07) is 8.00. The van der Waals surface area contributed by atoms with Gasteiger partial charge in [0.15, 0.2) is 0 Å². The van der Waals surface area contributed by atoms with Crippen molar-refractivity contribution in [2.24, 2.45) is 0 Å². The third kappa shape index (κ3) is 4.72. The molecule has 7 heteroatoms. The van der Waals surface area contributed by atoms with Crippen LogP contribution in [0, 0.1) is 6.92 Å². The van der Waals surface area contributed by atoms with Crippen LogP contribution in [-0.2, 0) is 14.8 Å². The number of aryl methyl sites for hydroxylation is 1. The SMILES string of the molecule is Cc1ccccc1SCC(=O)N1CCCN(S(C)(=O)=O)CC1. The quantitative estimate of drug-likeness (QED) is 0.780. The number of sulfonamides is 1. The van der Waals surface area contributed by atoms with Crippen LogP contribution in [0.5, 0.6) is 0 Å². The Labute approximate surface area is 136 Å². The Bertz CT molecular complexity index is 631. The number of nitrogens with zero attached hydrogens (tertiary/aromatic N) is 2. The lowest BCUT2D eigenvalue weighted by Gasteiger charge is -2.21. The summed E-state index contributed by atoms with van der Waals surface area (Å²) in [4.78, 5) is 15.2. The van der Waals surface area contributed by atoms with Crippen molar-refractivity contribution >= 4 is 27.7 Å². The monoisotopic (exact) mass is 342 g/mol. The van der Waals surface area contributed by atoms with E-state index in [2.05, 4.69) is 0 Å². The first-order valence-corrected chi connectivity index (χ1v) is 10.1. The largest absolute Gasteiger partial charge is 0.341 e. The Morgan fingerprint density at radius 1 is 1.18 bits per heavy atom. The van der Waals surface area contributed by atoms with E-state index in [1.807, 2.05) is 31.2 Å². The van der Waals surface area contributed by atoms with Crippen LogP contribution in [-0.4, -0.2) is 61.7 Å². The number of thioether (sulfide) groups is 1. The van der Waals surface area contributed by atoms with Crippen molar-refractivity contribution in [1.82, 2.24) is 9.21 Å². The summed E-state index contributed by atoms with van der Waals surface area (Å²) >= 11 is 1.54. The van der Waals surface area contributed by atoms with Crippen molar-refractivity contribution in [2.45, 2.75) is 18.2 Å². The zero-order valence-corrected chi connectivity index (χ0v) is 14.6. The molecule has 5 nitrogen and oxygen atoms in total. The number of amides is 1. The summed E-state index contributed by atoms with van der Waals surface area (Å²) in [6.45, 7) is 4.01. The molecular formula is C15H22N2O3S2. The van der Waals surface area contributed by atoms with Gasteiger partial charge in [0, 0.05) is 31.1 Å². The first-order valence-electron chi connectivity index (χ1n) is 7.29. The van der Waals surface area contributed by atoms with E-state index in [0.717, 1.165) is 4.90 Å². The van der Waals surface area contributed by atoms with Gasteiger partial charge in [-0.3, -0.25) is 4.79 Å². The number of carbonyl (C=O) groups excluding carboxylic acids is 1. The molecule has 1 aliphatic rings. The smallest absolute Gasteiger partial charge is 0.232 e.